The highest BCUT2D eigenvalue weighted by molar-refractivity contribution is 6.13. The van der Waals surface area contributed by atoms with E-state index in [0.717, 1.165) is 22.0 Å². The van der Waals surface area contributed by atoms with Crippen LogP contribution in [0.3, 0.4) is 0 Å². The van der Waals surface area contributed by atoms with Gasteiger partial charge in [-0.05, 0) is 20.3 Å². The molecule has 1 saturated heterocycles. The van der Waals surface area contributed by atoms with Gasteiger partial charge < -0.3 is 46.1 Å². The number of hydrogen-bond donors (Lipinski definition) is 6. The molecule has 58 heavy (non-hydrogen) atoms. The van der Waals surface area contributed by atoms with Crippen molar-refractivity contribution in [2.75, 3.05) is 72.2 Å². The topological polar surface area (TPSA) is 294 Å². The summed E-state index contributed by atoms with van der Waals surface area (Å²) in [6.45, 7) is 3.35. The number of Topliss-reactive ketones (excluding diaryl/α,β-unsaturated/α-hetero) is 1. The Labute approximate surface area is 335 Å². The summed E-state index contributed by atoms with van der Waals surface area (Å²) in [6.07, 6.45) is -0.792. The van der Waals surface area contributed by atoms with E-state index < -0.39 is 65.4 Å². The molecule has 22 nitrogen and oxygen atoms in total. The summed E-state index contributed by atoms with van der Waals surface area (Å²) in [6, 6.07) is 0. The average Bonchev–Trinajstić information content (AvgIpc) is 3.68. The molecule has 6 N–H and O–H groups in total. The molecule has 22 heteroatoms. The van der Waals surface area contributed by atoms with Gasteiger partial charge in [-0.2, -0.15) is 0 Å². The second kappa shape index (κ2) is 26.8. The van der Waals surface area contributed by atoms with Crippen molar-refractivity contribution in [2.24, 2.45) is 5.92 Å². The predicted molar refractivity (Wildman–Crippen MR) is 200 cm³/mol. The van der Waals surface area contributed by atoms with Crippen LogP contribution in [0.25, 0.3) is 0 Å². The SMILES string of the molecule is CCNC(=O)OCC(COC(=O)NCC)OCCCC(=O)C(CC(=O)NCCNC(=O)CCN1C(=O)C=CC1=O)CC(=O)NCCNC(=O)CCN1C(=O)CCC1=O. The molecule has 0 radical (unpaired) electrons. The molecule has 2 aliphatic rings. The standard InChI is InChI=1S/C36H54N8O14/c1-3-37-35(54)57-22-25(23-58-36(55)38-4-2)56-19-5-6-26(45)24(20-29(48)41-15-13-39-27(46)11-17-43-31(50)7-8-32(43)51)21-30(49)42-16-14-40-28(47)12-18-44-33(52)9-10-34(44)53/h7-8,24-25H,3-6,9-23H2,1-2H3,(H,37,54)(H,38,55)(H,39,46)(H,40,47)(H,41,48)(H,42,49). The lowest BCUT2D eigenvalue weighted by molar-refractivity contribution is -0.140. The molecule has 1 unspecified atom stereocenters. The molecular formula is C36H54N8O14. The maximum atomic E-state index is 13.3. The van der Waals surface area contributed by atoms with Gasteiger partial charge in [-0.25, -0.2) is 9.59 Å². The van der Waals surface area contributed by atoms with Crippen LogP contribution >= 0.6 is 0 Å². The third-order valence-corrected chi connectivity index (χ3v) is 8.40. The van der Waals surface area contributed by atoms with Gasteiger partial charge in [0.05, 0.1) is 0 Å². The number of carbonyl (C=O) groups is 11. The van der Waals surface area contributed by atoms with Crippen LogP contribution in [0.15, 0.2) is 12.2 Å². The maximum absolute atomic E-state index is 13.3. The number of alkyl carbamates (subject to hydrolysis) is 2. The molecule has 0 spiro atoms. The number of hydrogen-bond acceptors (Lipinski definition) is 14. The summed E-state index contributed by atoms with van der Waals surface area (Å²) in [7, 11) is 0. The van der Waals surface area contributed by atoms with E-state index in [0.29, 0.717) is 13.1 Å². The van der Waals surface area contributed by atoms with E-state index in [1.54, 1.807) is 13.8 Å². The Kier molecular flexibility index (Phi) is 22.3. The van der Waals surface area contributed by atoms with E-state index in [2.05, 4.69) is 31.9 Å². The second-order valence-electron chi connectivity index (χ2n) is 12.9. The Morgan fingerprint density at radius 1 is 0.603 bits per heavy atom. The quantitative estimate of drug-likeness (QED) is 0.0365. The summed E-state index contributed by atoms with van der Waals surface area (Å²) < 4.78 is 15.9. The number of rotatable bonds is 28. The smallest absolute Gasteiger partial charge is 0.407 e. The normalized spacial score (nSPS) is 14.0. The van der Waals surface area contributed by atoms with Crippen molar-refractivity contribution in [1.82, 2.24) is 41.7 Å². The van der Waals surface area contributed by atoms with Crippen molar-refractivity contribution in [3.05, 3.63) is 12.2 Å². The number of imide groups is 2. The number of ether oxygens (including phenoxy) is 3. The van der Waals surface area contributed by atoms with Gasteiger partial charge in [-0.3, -0.25) is 53.0 Å². The van der Waals surface area contributed by atoms with Gasteiger partial charge in [0.1, 0.15) is 25.1 Å². The predicted octanol–water partition coefficient (Wildman–Crippen LogP) is -2.07. The average molecular weight is 823 g/mol. The van der Waals surface area contributed by atoms with Crippen LogP contribution in [0.1, 0.15) is 65.2 Å². The van der Waals surface area contributed by atoms with Gasteiger partial charge in [-0.1, -0.05) is 0 Å². The fourth-order valence-corrected chi connectivity index (χ4v) is 5.40. The number of likely N-dealkylation sites (tertiary alicyclic amines) is 1. The Bertz CT molecular complexity index is 1440. The Balaban J connectivity index is 1.88. The van der Waals surface area contributed by atoms with Gasteiger partial charge in [0.25, 0.3) is 11.8 Å². The van der Waals surface area contributed by atoms with Gasteiger partial charge in [-0.15, -0.1) is 0 Å². The van der Waals surface area contributed by atoms with Crippen LogP contribution in [0.5, 0.6) is 0 Å². The van der Waals surface area contributed by atoms with Gasteiger partial charge in [0.2, 0.25) is 35.4 Å². The third-order valence-electron chi connectivity index (χ3n) is 8.40. The van der Waals surface area contributed by atoms with E-state index in [1.807, 2.05) is 0 Å². The molecule has 0 aliphatic carbocycles. The first-order valence-corrected chi connectivity index (χ1v) is 19.1. The monoisotopic (exact) mass is 822 g/mol. The van der Waals surface area contributed by atoms with Crippen molar-refractivity contribution in [3.63, 3.8) is 0 Å². The number of nitrogens with one attached hydrogen (secondary N) is 6. The third kappa shape index (κ3) is 19.3. The van der Waals surface area contributed by atoms with Gasteiger partial charge in [0, 0.05) is 122 Å². The summed E-state index contributed by atoms with van der Waals surface area (Å²) in [5.41, 5.74) is 0. The molecular weight excluding hydrogens is 768 g/mol. The first-order chi connectivity index (χ1) is 27.7. The van der Waals surface area contributed by atoms with Crippen molar-refractivity contribution in [3.8, 4) is 0 Å². The molecule has 0 aromatic heterocycles. The molecule has 0 aromatic rings. The van der Waals surface area contributed by atoms with Crippen LogP contribution in [-0.2, 0) is 57.4 Å². The largest absolute Gasteiger partial charge is 0.447 e. The number of carbonyl (C=O) groups excluding carboxylic acids is 11. The highest BCUT2D eigenvalue weighted by atomic mass is 16.6. The summed E-state index contributed by atoms with van der Waals surface area (Å²) in [4.78, 5) is 136. The fraction of sp³-hybridized carbons (Fsp3) is 0.639. The lowest BCUT2D eigenvalue weighted by Crippen LogP contribution is -2.39. The zero-order valence-electron chi connectivity index (χ0n) is 32.9. The summed E-state index contributed by atoms with van der Waals surface area (Å²) in [5.74, 6) is -5.26. The first kappa shape index (κ1) is 48.2. The number of amides is 10. The molecule has 322 valence electrons. The molecule has 2 heterocycles. The number of ketones is 1. The highest BCUT2D eigenvalue weighted by Gasteiger charge is 2.29. The lowest BCUT2D eigenvalue weighted by Gasteiger charge is -2.19. The molecule has 1 fully saturated rings. The highest BCUT2D eigenvalue weighted by Crippen LogP contribution is 2.15. The van der Waals surface area contributed by atoms with Crippen molar-refractivity contribution in [1.29, 1.82) is 0 Å². The Morgan fingerprint density at radius 3 is 1.48 bits per heavy atom. The molecule has 0 aromatic carbocycles. The van der Waals surface area contributed by atoms with Crippen molar-refractivity contribution < 1.29 is 67.0 Å². The molecule has 2 rings (SSSR count). The lowest BCUT2D eigenvalue weighted by atomic mass is 9.92. The van der Waals surface area contributed by atoms with Crippen LogP contribution in [0, 0.1) is 5.92 Å². The minimum Gasteiger partial charge on any atom is -0.447 e. The minimum atomic E-state index is -1.07. The van der Waals surface area contributed by atoms with Crippen LogP contribution in [0.4, 0.5) is 9.59 Å². The van der Waals surface area contributed by atoms with E-state index in [1.165, 1.54) is 0 Å². The molecule has 2 aliphatic heterocycles. The van der Waals surface area contributed by atoms with Gasteiger partial charge >= 0.3 is 12.2 Å². The van der Waals surface area contributed by atoms with Crippen LogP contribution in [-0.4, -0.2) is 153 Å². The van der Waals surface area contributed by atoms with Crippen LogP contribution in [0.2, 0.25) is 0 Å². The maximum Gasteiger partial charge on any atom is 0.407 e. The van der Waals surface area contributed by atoms with Crippen molar-refractivity contribution >= 4 is 65.2 Å². The van der Waals surface area contributed by atoms with Gasteiger partial charge in [0.15, 0.2) is 0 Å². The molecule has 1 atom stereocenters. The fourth-order valence-electron chi connectivity index (χ4n) is 5.40. The molecule has 0 saturated carbocycles. The second-order valence-corrected chi connectivity index (χ2v) is 12.9. The van der Waals surface area contributed by atoms with Crippen LogP contribution < -0.4 is 31.9 Å². The number of nitrogens with zero attached hydrogens (tertiary/aromatic N) is 2. The summed E-state index contributed by atoms with van der Waals surface area (Å²) >= 11 is 0. The Morgan fingerprint density at radius 2 is 1.03 bits per heavy atom. The molecule has 10 amide bonds. The van der Waals surface area contributed by atoms with E-state index in [9.17, 15) is 52.7 Å². The molecule has 0 bridgehead atoms. The summed E-state index contributed by atoms with van der Waals surface area (Å²) in [5, 5.41) is 15.2. The van der Waals surface area contributed by atoms with E-state index >= 15 is 0 Å². The van der Waals surface area contributed by atoms with E-state index in [-0.39, 0.29) is 122 Å². The Hall–Kier alpha value is -5.93. The van der Waals surface area contributed by atoms with E-state index in [4.69, 9.17) is 14.2 Å². The minimum absolute atomic E-state index is 0.00627. The first-order valence-electron chi connectivity index (χ1n) is 19.1. The van der Waals surface area contributed by atoms with Crippen molar-refractivity contribution in [2.45, 2.75) is 71.3 Å². The zero-order valence-corrected chi connectivity index (χ0v) is 32.9. The zero-order chi connectivity index (χ0) is 42.9.